The van der Waals surface area contributed by atoms with Crippen LogP contribution in [0.25, 0.3) is 11.3 Å². The summed E-state index contributed by atoms with van der Waals surface area (Å²) in [5.74, 6) is 2.40. The van der Waals surface area contributed by atoms with Gasteiger partial charge in [0.1, 0.15) is 11.6 Å². The van der Waals surface area contributed by atoms with E-state index in [9.17, 15) is 0 Å². The molecule has 3 rings (SSSR count). The molecule has 1 saturated carbocycles. The maximum absolute atomic E-state index is 4.79. The van der Waals surface area contributed by atoms with E-state index in [0.717, 1.165) is 29.4 Å². The lowest BCUT2D eigenvalue weighted by atomic mass is 10.1. The normalized spacial score (nSPS) is 19.6. The minimum absolute atomic E-state index is 0.346. The van der Waals surface area contributed by atoms with E-state index >= 15 is 0 Å². The first-order valence-corrected chi connectivity index (χ1v) is 7.28. The number of hydrogen-bond acceptors (Lipinski definition) is 3. The van der Waals surface area contributed by atoms with Crippen molar-refractivity contribution in [2.45, 2.75) is 33.1 Å². The van der Waals surface area contributed by atoms with Crippen molar-refractivity contribution in [2.75, 3.05) is 11.9 Å². The summed E-state index contributed by atoms with van der Waals surface area (Å²) < 4.78 is 0. The highest BCUT2D eigenvalue weighted by molar-refractivity contribution is 5.62. The third kappa shape index (κ3) is 2.53. The molecule has 3 heteroatoms. The van der Waals surface area contributed by atoms with Crippen LogP contribution in [0.2, 0.25) is 0 Å². The maximum Gasteiger partial charge on any atom is 0.135 e. The molecule has 1 aliphatic carbocycles. The Bertz CT molecular complexity index is 605. The molecule has 0 amide bonds. The van der Waals surface area contributed by atoms with E-state index in [-0.39, 0.29) is 0 Å². The zero-order chi connectivity index (χ0) is 14.2. The molecular formula is C17H21N3. The van der Waals surface area contributed by atoms with E-state index in [1.165, 1.54) is 6.42 Å². The monoisotopic (exact) mass is 267 g/mol. The van der Waals surface area contributed by atoms with Crippen molar-refractivity contribution in [1.29, 1.82) is 0 Å². The van der Waals surface area contributed by atoms with Gasteiger partial charge in [-0.05, 0) is 18.8 Å². The minimum atomic E-state index is 0.346. The maximum atomic E-state index is 4.79. The van der Waals surface area contributed by atoms with E-state index in [4.69, 9.17) is 4.98 Å². The topological polar surface area (TPSA) is 37.8 Å². The first kappa shape index (κ1) is 13.1. The van der Waals surface area contributed by atoms with Gasteiger partial charge in [0.15, 0.2) is 0 Å². The van der Waals surface area contributed by atoms with Crippen LogP contribution in [0.4, 0.5) is 5.82 Å². The van der Waals surface area contributed by atoms with Crippen molar-refractivity contribution in [3.8, 4) is 11.3 Å². The van der Waals surface area contributed by atoms with Crippen molar-refractivity contribution >= 4 is 5.82 Å². The van der Waals surface area contributed by atoms with Gasteiger partial charge >= 0.3 is 0 Å². The summed E-state index contributed by atoms with van der Waals surface area (Å²) in [4.78, 5) is 9.48. The Balaban J connectivity index is 2.02. The molecule has 0 aliphatic heterocycles. The second-order valence-electron chi connectivity index (χ2n) is 6.14. The Hall–Kier alpha value is -1.90. The SMILES string of the molecule is CCNc1cc(-c2ccccc2)nc(C2CC2(C)C)n1. The lowest BCUT2D eigenvalue weighted by molar-refractivity contribution is 0.609. The van der Waals surface area contributed by atoms with E-state index in [1.54, 1.807) is 0 Å². The molecule has 0 radical (unpaired) electrons. The predicted octanol–water partition coefficient (Wildman–Crippen LogP) is 4.09. The van der Waals surface area contributed by atoms with Crippen molar-refractivity contribution in [1.82, 2.24) is 9.97 Å². The third-order valence-corrected chi connectivity index (χ3v) is 4.00. The van der Waals surface area contributed by atoms with Crippen LogP contribution in [0.1, 0.15) is 38.9 Å². The Morgan fingerprint density at radius 2 is 1.90 bits per heavy atom. The van der Waals surface area contributed by atoms with Gasteiger partial charge in [-0.3, -0.25) is 0 Å². The number of hydrogen-bond donors (Lipinski definition) is 1. The van der Waals surface area contributed by atoms with Crippen LogP contribution in [0.3, 0.4) is 0 Å². The molecular weight excluding hydrogens is 246 g/mol. The van der Waals surface area contributed by atoms with Crippen LogP contribution in [-0.2, 0) is 0 Å². The smallest absolute Gasteiger partial charge is 0.135 e. The lowest BCUT2D eigenvalue weighted by Gasteiger charge is -2.10. The Kier molecular flexibility index (Phi) is 3.20. The zero-order valence-corrected chi connectivity index (χ0v) is 12.4. The van der Waals surface area contributed by atoms with Gasteiger partial charge in [0.2, 0.25) is 0 Å². The molecule has 2 aromatic rings. The summed E-state index contributed by atoms with van der Waals surface area (Å²) in [6, 6.07) is 12.4. The molecule has 1 aliphatic rings. The van der Waals surface area contributed by atoms with Gasteiger partial charge in [-0.25, -0.2) is 9.97 Å². The Morgan fingerprint density at radius 3 is 2.50 bits per heavy atom. The average Bonchev–Trinajstić information content (AvgIpc) is 3.09. The number of rotatable bonds is 4. The summed E-state index contributed by atoms with van der Waals surface area (Å²) in [6.45, 7) is 7.52. The average molecular weight is 267 g/mol. The van der Waals surface area contributed by atoms with Gasteiger partial charge in [0.25, 0.3) is 0 Å². The molecule has 1 fully saturated rings. The highest BCUT2D eigenvalue weighted by Gasteiger charge is 2.48. The van der Waals surface area contributed by atoms with Crippen molar-refractivity contribution in [2.24, 2.45) is 5.41 Å². The second-order valence-corrected chi connectivity index (χ2v) is 6.14. The van der Waals surface area contributed by atoms with Gasteiger partial charge in [-0.15, -0.1) is 0 Å². The molecule has 1 unspecified atom stereocenters. The largest absolute Gasteiger partial charge is 0.370 e. The fourth-order valence-electron chi connectivity index (χ4n) is 2.56. The van der Waals surface area contributed by atoms with Crippen molar-refractivity contribution < 1.29 is 0 Å². The van der Waals surface area contributed by atoms with Crippen LogP contribution in [0.15, 0.2) is 36.4 Å². The van der Waals surface area contributed by atoms with E-state index in [2.05, 4.69) is 43.2 Å². The lowest BCUT2D eigenvalue weighted by Crippen LogP contribution is -2.05. The third-order valence-electron chi connectivity index (χ3n) is 4.00. The Morgan fingerprint density at radius 1 is 1.20 bits per heavy atom. The van der Waals surface area contributed by atoms with Gasteiger partial charge < -0.3 is 5.32 Å². The molecule has 1 aromatic carbocycles. The van der Waals surface area contributed by atoms with E-state index in [1.807, 2.05) is 24.3 Å². The number of nitrogens with zero attached hydrogens (tertiary/aromatic N) is 2. The number of nitrogens with one attached hydrogen (secondary N) is 1. The zero-order valence-electron chi connectivity index (χ0n) is 12.4. The molecule has 1 atom stereocenters. The first-order valence-electron chi connectivity index (χ1n) is 7.28. The summed E-state index contributed by atoms with van der Waals surface area (Å²) in [7, 11) is 0. The van der Waals surface area contributed by atoms with Crippen LogP contribution in [0.5, 0.6) is 0 Å². The number of anilines is 1. The number of aromatic nitrogens is 2. The summed E-state index contributed by atoms with van der Waals surface area (Å²) in [6.07, 6.45) is 1.18. The standard InChI is InChI=1S/C17H21N3/c1-4-18-15-10-14(12-8-6-5-7-9-12)19-16(20-15)13-11-17(13,2)3/h5-10,13H,4,11H2,1-3H3,(H,18,19,20). The molecule has 0 spiro atoms. The summed E-state index contributed by atoms with van der Waals surface area (Å²) >= 11 is 0. The van der Waals surface area contributed by atoms with Crippen molar-refractivity contribution in [3.63, 3.8) is 0 Å². The van der Waals surface area contributed by atoms with Crippen LogP contribution >= 0.6 is 0 Å². The number of benzene rings is 1. The first-order chi connectivity index (χ1) is 9.60. The highest BCUT2D eigenvalue weighted by Crippen LogP contribution is 2.57. The van der Waals surface area contributed by atoms with E-state index < -0.39 is 0 Å². The molecule has 104 valence electrons. The Labute approximate surface area is 120 Å². The fraction of sp³-hybridized carbons (Fsp3) is 0.412. The molecule has 0 saturated heterocycles. The predicted molar refractivity (Wildman–Crippen MR) is 82.8 cm³/mol. The van der Waals surface area contributed by atoms with Gasteiger partial charge in [0, 0.05) is 24.1 Å². The molecule has 20 heavy (non-hydrogen) atoms. The van der Waals surface area contributed by atoms with Crippen molar-refractivity contribution in [3.05, 3.63) is 42.2 Å². The molecule has 3 nitrogen and oxygen atoms in total. The highest BCUT2D eigenvalue weighted by atomic mass is 15.0. The fourth-order valence-corrected chi connectivity index (χ4v) is 2.56. The quantitative estimate of drug-likeness (QED) is 0.906. The van der Waals surface area contributed by atoms with Crippen LogP contribution in [-0.4, -0.2) is 16.5 Å². The van der Waals surface area contributed by atoms with Gasteiger partial charge in [-0.2, -0.15) is 0 Å². The second kappa shape index (κ2) is 4.89. The van der Waals surface area contributed by atoms with Gasteiger partial charge in [0.05, 0.1) is 5.69 Å². The minimum Gasteiger partial charge on any atom is -0.370 e. The molecule has 1 N–H and O–H groups in total. The summed E-state index contributed by atoms with van der Waals surface area (Å²) in [5, 5.41) is 3.32. The van der Waals surface area contributed by atoms with E-state index in [0.29, 0.717) is 11.3 Å². The molecule has 0 bridgehead atoms. The van der Waals surface area contributed by atoms with Crippen LogP contribution in [0, 0.1) is 5.41 Å². The molecule has 1 aromatic heterocycles. The molecule has 1 heterocycles. The van der Waals surface area contributed by atoms with Crippen LogP contribution < -0.4 is 5.32 Å². The van der Waals surface area contributed by atoms with Gasteiger partial charge in [-0.1, -0.05) is 44.2 Å². The summed E-state index contributed by atoms with van der Waals surface area (Å²) in [5.41, 5.74) is 2.50.